The fraction of sp³-hybridized carbons (Fsp3) is 0.222. The quantitative estimate of drug-likeness (QED) is 0.708. The molecule has 5 nitrogen and oxygen atoms in total. The van der Waals surface area contributed by atoms with Crippen LogP contribution in [0, 0.1) is 6.92 Å². The van der Waals surface area contributed by atoms with Gasteiger partial charge in [0.2, 0.25) is 0 Å². The van der Waals surface area contributed by atoms with Crippen molar-refractivity contribution in [3.8, 4) is 11.4 Å². The highest BCUT2D eigenvalue weighted by molar-refractivity contribution is 5.43. The molecule has 0 atom stereocenters. The highest BCUT2D eigenvalue weighted by Gasteiger charge is 2.03. The van der Waals surface area contributed by atoms with Crippen molar-refractivity contribution in [1.29, 1.82) is 0 Å². The van der Waals surface area contributed by atoms with Crippen molar-refractivity contribution in [3.63, 3.8) is 0 Å². The van der Waals surface area contributed by atoms with Crippen molar-refractivity contribution in [3.05, 3.63) is 30.1 Å². The molecule has 0 spiro atoms. The number of hydrogen-bond acceptors (Lipinski definition) is 4. The van der Waals surface area contributed by atoms with Crippen LogP contribution in [-0.4, -0.2) is 27.3 Å². The summed E-state index contributed by atoms with van der Waals surface area (Å²) in [5.41, 5.74) is 2.02. The highest BCUT2D eigenvalue weighted by atomic mass is 16.5. The van der Waals surface area contributed by atoms with E-state index in [1.165, 1.54) is 0 Å². The van der Waals surface area contributed by atoms with Crippen molar-refractivity contribution >= 4 is 0 Å². The topological polar surface area (TPSA) is 52.8 Å². The number of aromatic nitrogens is 4. The van der Waals surface area contributed by atoms with Gasteiger partial charge in [0.05, 0.1) is 12.8 Å². The SMILES string of the molecule is COc1ccc(-n2cnnn2)c(C)c1. The summed E-state index contributed by atoms with van der Waals surface area (Å²) in [5, 5.41) is 11.0. The Morgan fingerprint density at radius 3 is 2.79 bits per heavy atom. The first-order chi connectivity index (χ1) is 6.81. The summed E-state index contributed by atoms with van der Waals surface area (Å²) in [7, 11) is 1.64. The van der Waals surface area contributed by atoms with E-state index in [-0.39, 0.29) is 0 Å². The number of nitrogens with zero attached hydrogens (tertiary/aromatic N) is 4. The number of aryl methyl sites for hydroxylation is 1. The lowest BCUT2D eigenvalue weighted by atomic mass is 10.2. The van der Waals surface area contributed by atoms with Gasteiger partial charge in [-0.15, -0.1) is 5.10 Å². The van der Waals surface area contributed by atoms with Gasteiger partial charge >= 0.3 is 0 Å². The van der Waals surface area contributed by atoms with E-state index in [1.54, 1.807) is 18.1 Å². The Morgan fingerprint density at radius 2 is 2.21 bits per heavy atom. The molecule has 0 unspecified atom stereocenters. The lowest BCUT2D eigenvalue weighted by molar-refractivity contribution is 0.414. The molecule has 1 heterocycles. The van der Waals surface area contributed by atoms with Gasteiger partial charge in [-0.3, -0.25) is 0 Å². The van der Waals surface area contributed by atoms with Gasteiger partial charge in [-0.25, -0.2) is 4.68 Å². The standard InChI is InChI=1S/C9H10N4O/c1-7-5-8(14-2)3-4-9(7)13-6-10-11-12-13/h3-6H,1-2H3. The third-order valence-corrected chi connectivity index (χ3v) is 2.00. The number of hydrogen-bond donors (Lipinski definition) is 0. The normalized spacial score (nSPS) is 10.1. The second-order valence-corrected chi connectivity index (χ2v) is 2.91. The molecule has 0 saturated carbocycles. The molecule has 0 aliphatic heterocycles. The van der Waals surface area contributed by atoms with Gasteiger partial charge < -0.3 is 4.74 Å². The molecule has 0 saturated heterocycles. The maximum Gasteiger partial charge on any atom is 0.143 e. The van der Waals surface area contributed by atoms with Crippen LogP contribution in [0.2, 0.25) is 0 Å². The number of benzene rings is 1. The molecule has 1 aromatic carbocycles. The number of tetrazole rings is 1. The smallest absolute Gasteiger partial charge is 0.143 e. The van der Waals surface area contributed by atoms with Crippen LogP contribution in [0.25, 0.3) is 5.69 Å². The van der Waals surface area contributed by atoms with E-state index in [9.17, 15) is 0 Å². The Bertz CT molecular complexity index is 424. The molecule has 2 rings (SSSR count). The molecule has 0 aliphatic carbocycles. The van der Waals surface area contributed by atoms with Gasteiger partial charge in [0.1, 0.15) is 12.1 Å². The van der Waals surface area contributed by atoms with E-state index < -0.39 is 0 Å². The second kappa shape index (κ2) is 3.45. The average molecular weight is 190 g/mol. The molecule has 0 amide bonds. The van der Waals surface area contributed by atoms with Gasteiger partial charge in [0.15, 0.2) is 0 Å². The minimum atomic E-state index is 0.833. The van der Waals surface area contributed by atoms with E-state index in [0.29, 0.717) is 0 Å². The predicted octanol–water partition coefficient (Wildman–Crippen LogP) is 0.979. The largest absolute Gasteiger partial charge is 0.497 e. The van der Waals surface area contributed by atoms with Crippen molar-refractivity contribution in [2.24, 2.45) is 0 Å². The molecule has 1 aromatic heterocycles. The van der Waals surface area contributed by atoms with Crippen LogP contribution < -0.4 is 4.74 Å². The molecule has 0 radical (unpaired) electrons. The van der Waals surface area contributed by atoms with Gasteiger partial charge in [0, 0.05) is 0 Å². The van der Waals surface area contributed by atoms with Gasteiger partial charge in [0.25, 0.3) is 0 Å². The molecule has 2 aromatic rings. The first-order valence-electron chi connectivity index (χ1n) is 4.19. The van der Waals surface area contributed by atoms with E-state index in [1.807, 2.05) is 25.1 Å². The van der Waals surface area contributed by atoms with Crippen LogP contribution in [-0.2, 0) is 0 Å². The maximum absolute atomic E-state index is 5.11. The molecule has 72 valence electrons. The van der Waals surface area contributed by atoms with E-state index in [4.69, 9.17) is 4.74 Å². The minimum Gasteiger partial charge on any atom is -0.497 e. The maximum atomic E-state index is 5.11. The predicted molar refractivity (Wildman–Crippen MR) is 50.4 cm³/mol. The summed E-state index contributed by atoms with van der Waals surface area (Å²) < 4.78 is 6.73. The fourth-order valence-electron chi connectivity index (χ4n) is 1.28. The number of ether oxygens (including phenoxy) is 1. The Labute approximate surface area is 81.3 Å². The van der Waals surface area contributed by atoms with Crippen LogP contribution in [0.1, 0.15) is 5.56 Å². The van der Waals surface area contributed by atoms with Crippen LogP contribution in [0.5, 0.6) is 5.75 Å². The third-order valence-electron chi connectivity index (χ3n) is 2.00. The Hall–Kier alpha value is -1.91. The monoisotopic (exact) mass is 190 g/mol. The van der Waals surface area contributed by atoms with Gasteiger partial charge in [-0.05, 0) is 41.1 Å². The Morgan fingerprint density at radius 1 is 1.36 bits per heavy atom. The summed E-state index contributed by atoms with van der Waals surface area (Å²) >= 11 is 0. The molecule has 0 N–H and O–H groups in total. The van der Waals surface area contributed by atoms with Crippen molar-refractivity contribution in [2.75, 3.05) is 7.11 Å². The Kier molecular flexibility index (Phi) is 2.14. The molecule has 0 aliphatic rings. The van der Waals surface area contributed by atoms with Crippen molar-refractivity contribution in [1.82, 2.24) is 20.2 Å². The third kappa shape index (κ3) is 1.44. The minimum absolute atomic E-state index is 0.833. The van der Waals surface area contributed by atoms with E-state index in [2.05, 4.69) is 15.5 Å². The lowest BCUT2D eigenvalue weighted by Gasteiger charge is -2.06. The summed E-state index contributed by atoms with van der Waals surface area (Å²) in [6.45, 7) is 1.99. The van der Waals surface area contributed by atoms with Crippen LogP contribution >= 0.6 is 0 Å². The lowest BCUT2D eigenvalue weighted by Crippen LogP contribution is -1.98. The van der Waals surface area contributed by atoms with Crippen molar-refractivity contribution in [2.45, 2.75) is 6.92 Å². The molecular weight excluding hydrogens is 180 g/mol. The average Bonchev–Trinajstić information content (AvgIpc) is 2.70. The first kappa shape index (κ1) is 8.68. The number of methoxy groups -OCH3 is 1. The fourth-order valence-corrected chi connectivity index (χ4v) is 1.28. The molecular formula is C9H10N4O. The van der Waals surface area contributed by atoms with Crippen LogP contribution in [0.4, 0.5) is 0 Å². The highest BCUT2D eigenvalue weighted by Crippen LogP contribution is 2.18. The van der Waals surface area contributed by atoms with Crippen LogP contribution in [0.3, 0.4) is 0 Å². The summed E-state index contributed by atoms with van der Waals surface area (Å²) in [6.07, 6.45) is 1.56. The zero-order chi connectivity index (χ0) is 9.97. The summed E-state index contributed by atoms with van der Waals surface area (Å²) in [4.78, 5) is 0. The first-order valence-corrected chi connectivity index (χ1v) is 4.19. The van der Waals surface area contributed by atoms with Gasteiger partial charge in [-0.2, -0.15) is 0 Å². The summed E-state index contributed by atoms with van der Waals surface area (Å²) in [5.74, 6) is 0.833. The summed E-state index contributed by atoms with van der Waals surface area (Å²) in [6, 6.07) is 5.74. The molecule has 14 heavy (non-hydrogen) atoms. The van der Waals surface area contributed by atoms with Crippen molar-refractivity contribution < 1.29 is 4.74 Å². The van der Waals surface area contributed by atoms with E-state index in [0.717, 1.165) is 17.0 Å². The van der Waals surface area contributed by atoms with Crippen LogP contribution in [0.15, 0.2) is 24.5 Å². The van der Waals surface area contributed by atoms with Gasteiger partial charge in [-0.1, -0.05) is 0 Å². The molecule has 5 heteroatoms. The zero-order valence-corrected chi connectivity index (χ0v) is 8.01. The number of rotatable bonds is 2. The Balaban J connectivity index is 2.46. The zero-order valence-electron chi connectivity index (χ0n) is 8.01. The molecule has 0 bridgehead atoms. The molecule has 0 fully saturated rings. The second-order valence-electron chi connectivity index (χ2n) is 2.91. The van der Waals surface area contributed by atoms with E-state index >= 15 is 0 Å².